The summed E-state index contributed by atoms with van der Waals surface area (Å²) >= 11 is 0. The number of nitrogens with one attached hydrogen (secondary N) is 1. The molecule has 3 N–H and O–H groups in total. The van der Waals surface area contributed by atoms with Crippen LogP contribution in [0.5, 0.6) is 5.75 Å². The number of fused-ring (bicyclic) bond motifs is 1. The predicted octanol–water partition coefficient (Wildman–Crippen LogP) is 1.48. The van der Waals surface area contributed by atoms with Crippen LogP contribution in [0.2, 0.25) is 0 Å². The molecule has 29 heavy (non-hydrogen) atoms. The Balaban J connectivity index is 1.92. The highest BCUT2D eigenvalue weighted by Crippen LogP contribution is 2.30. The second kappa shape index (κ2) is 9.01. The molecular weight excluding hydrogens is 381 g/mol. The number of rotatable bonds is 8. The number of carbonyl (C=O) groups excluding carboxylic acids is 1. The van der Waals surface area contributed by atoms with Crippen LogP contribution >= 0.6 is 0 Å². The van der Waals surface area contributed by atoms with E-state index in [9.17, 15) is 9.18 Å². The van der Waals surface area contributed by atoms with Crippen LogP contribution in [-0.4, -0.2) is 63.0 Å². The van der Waals surface area contributed by atoms with Crippen molar-refractivity contribution in [1.29, 1.82) is 0 Å². The Hall–Kier alpha value is -2.98. The Morgan fingerprint density at radius 3 is 2.59 bits per heavy atom. The molecule has 156 valence electrons. The largest absolute Gasteiger partial charge is 0.494 e. The molecule has 1 amide bonds. The summed E-state index contributed by atoms with van der Waals surface area (Å²) in [7, 11) is 4.56. The molecule has 0 aliphatic carbocycles. The van der Waals surface area contributed by atoms with Crippen molar-refractivity contribution >= 4 is 23.4 Å². The summed E-state index contributed by atoms with van der Waals surface area (Å²) in [6, 6.07) is 4.20. The number of hydrogen-bond donors (Lipinski definition) is 2. The summed E-state index contributed by atoms with van der Waals surface area (Å²) in [5.74, 6) is -0.367. The van der Waals surface area contributed by atoms with Crippen LogP contribution in [0, 0.1) is 5.82 Å². The Morgan fingerprint density at radius 2 is 1.97 bits per heavy atom. The van der Waals surface area contributed by atoms with Crippen molar-refractivity contribution in [3.05, 3.63) is 35.3 Å². The van der Waals surface area contributed by atoms with Crippen molar-refractivity contribution in [3.63, 3.8) is 0 Å². The van der Waals surface area contributed by atoms with Crippen LogP contribution < -0.4 is 20.7 Å². The molecule has 1 aromatic carbocycles. The zero-order valence-electron chi connectivity index (χ0n) is 16.6. The molecule has 1 aliphatic heterocycles. The monoisotopic (exact) mass is 405 g/mol. The smallest absolute Gasteiger partial charge is 0.277 e. The fraction of sp³-hybridized carbons (Fsp3) is 0.421. The maximum absolute atomic E-state index is 14.1. The Labute approximate surface area is 168 Å². The number of benzene rings is 1. The van der Waals surface area contributed by atoms with Gasteiger partial charge in [0.25, 0.3) is 5.91 Å². The third kappa shape index (κ3) is 4.38. The van der Waals surface area contributed by atoms with Crippen LogP contribution in [0.1, 0.15) is 16.1 Å². The van der Waals surface area contributed by atoms with Crippen molar-refractivity contribution in [2.45, 2.75) is 12.5 Å². The molecule has 0 atom stereocenters. The number of nitrogens with zero attached hydrogens (tertiary/aromatic N) is 3. The van der Waals surface area contributed by atoms with E-state index >= 15 is 0 Å². The maximum atomic E-state index is 14.1. The average molecular weight is 405 g/mol. The van der Waals surface area contributed by atoms with Gasteiger partial charge in [-0.15, -0.1) is 0 Å². The Kier molecular flexibility index (Phi) is 6.45. The van der Waals surface area contributed by atoms with Gasteiger partial charge in [-0.3, -0.25) is 4.79 Å². The second-order valence-electron chi connectivity index (χ2n) is 6.54. The van der Waals surface area contributed by atoms with E-state index in [4.69, 9.17) is 19.9 Å². The number of amides is 1. The first-order valence-corrected chi connectivity index (χ1v) is 9.04. The van der Waals surface area contributed by atoms with Gasteiger partial charge in [0.2, 0.25) is 5.95 Å². The average Bonchev–Trinajstić information content (AvgIpc) is 2.69. The predicted molar refractivity (Wildman–Crippen MR) is 106 cm³/mol. The molecule has 0 bridgehead atoms. The lowest BCUT2D eigenvalue weighted by atomic mass is 10.0. The molecule has 9 nitrogen and oxygen atoms in total. The molecule has 1 aliphatic rings. The number of hydrogen-bond acceptors (Lipinski definition) is 8. The number of nitrogen functional groups attached to an aromatic ring is 1. The number of anilines is 3. The molecule has 2 heterocycles. The lowest BCUT2D eigenvalue weighted by Crippen LogP contribution is -2.40. The van der Waals surface area contributed by atoms with Gasteiger partial charge in [0.15, 0.2) is 11.6 Å². The molecule has 0 spiro atoms. The van der Waals surface area contributed by atoms with Crippen LogP contribution in [0.4, 0.5) is 21.8 Å². The molecule has 0 radical (unpaired) electrons. The van der Waals surface area contributed by atoms with E-state index in [0.29, 0.717) is 43.2 Å². The topological polar surface area (TPSA) is 112 Å². The van der Waals surface area contributed by atoms with Crippen molar-refractivity contribution in [2.24, 2.45) is 0 Å². The molecular formula is C19H24FN5O4. The van der Waals surface area contributed by atoms with E-state index in [1.165, 1.54) is 24.1 Å². The summed E-state index contributed by atoms with van der Waals surface area (Å²) in [5.41, 5.74) is 7.11. The minimum absolute atomic E-state index is 0.0315. The van der Waals surface area contributed by atoms with Gasteiger partial charge in [-0.05, 0) is 18.6 Å². The summed E-state index contributed by atoms with van der Waals surface area (Å²) < 4.78 is 29.4. The Morgan fingerprint density at radius 1 is 1.24 bits per heavy atom. The molecule has 3 rings (SSSR count). The number of methoxy groups -OCH3 is 3. The first-order chi connectivity index (χ1) is 14.0. The summed E-state index contributed by atoms with van der Waals surface area (Å²) in [6.07, 6.45) is 0.476. The van der Waals surface area contributed by atoms with Crippen molar-refractivity contribution in [2.75, 3.05) is 57.0 Å². The molecule has 10 heteroatoms. The van der Waals surface area contributed by atoms with Crippen molar-refractivity contribution < 1.29 is 23.4 Å². The van der Waals surface area contributed by atoms with Gasteiger partial charge in [-0.2, -0.15) is 4.98 Å². The lowest BCUT2D eigenvalue weighted by molar-refractivity contribution is 0.0975. The van der Waals surface area contributed by atoms with Crippen LogP contribution in [0.3, 0.4) is 0 Å². The Bertz CT molecular complexity index is 889. The molecule has 1 aromatic heterocycles. The fourth-order valence-corrected chi connectivity index (χ4v) is 3.28. The molecule has 0 saturated carbocycles. The maximum Gasteiger partial charge on any atom is 0.277 e. The normalized spacial score (nSPS) is 13.6. The van der Waals surface area contributed by atoms with E-state index in [1.807, 2.05) is 0 Å². The van der Waals surface area contributed by atoms with Gasteiger partial charge >= 0.3 is 0 Å². The molecule has 0 unspecified atom stereocenters. The minimum atomic E-state index is -0.546. The van der Waals surface area contributed by atoms with E-state index in [2.05, 4.69) is 15.3 Å². The quantitative estimate of drug-likeness (QED) is 0.679. The zero-order valence-corrected chi connectivity index (χ0v) is 16.6. The highest BCUT2D eigenvalue weighted by molar-refractivity contribution is 6.07. The summed E-state index contributed by atoms with van der Waals surface area (Å²) in [4.78, 5) is 22.9. The number of carbonyl (C=O) groups is 1. The number of nitrogens with two attached hydrogens (primary N) is 1. The second-order valence-corrected chi connectivity index (χ2v) is 6.54. The number of ether oxygens (including phenoxy) is 3. The SMILES string of the molecule is COCC(COC)Nc1nc(N)nc2c1CCN(c1ccc(OC)c(F)c1)C2=O. The molecule has 2 aromatic rings. The van der Waals surface area contributed by atoms with Gasteiger partial charge in [0.05, 0.1) is 26.4 Å². The fourth-order valence-electron chi connectivity index (χ4n) is 3.28. The van der Waals surface area contributed by atoms with Crippen LogP contribution in [-0.2, 0) is 15.9 Å². The standard InChI is InChI=1S/C19H24FN5O4/c1-27-9-11(10-28-2)22-17-13-6-7-25(18(26)16(13)23-19(21)24-17)12-4-5-15(29-3)14(20)8-12/h4-5,8,11H,6-7,9-10H2,1-3H3,(H3,21,22,23,24). The van der Waals surface area contributed by atoms with E-state index in [1.54, 1.807) is 20.3 Å². The third-order valence-corrected chi connectivity index (χ3v) is 4.58. The van der Waals surface area contributed by atoms with Crippen LogP contribution in [0.25, 0.3) is 0 Å². The zero-order chi connectivity index (χ0) is 21.0. The van der Waals surface area contributed by atoms with E-state index in [0.717, 1.165) is 0 Å². The summed E-state index contributed by atoms with van der Waals surface area (Å²) in [5, 5.41) is 3.22. The van der Waals surface area contributed by atoms with Gasteiger partial charge in [0.1, 0.15) is 11.5 Å². The first kappa shape index (κ1) is 20.7. The van der Waals surface area contributed by atoms with Gasteiger partial charge < -0.3 is 30.2 Å². The highest BCUT2D eigenvalue weighted by Gasteiger charge is 2.31. The van der Waals surface area contributed by atoms with Crippen molar-refractivity contribution in [1.82, 2.24) is 9.97 Å². The first-order valence-electron chi connectivity index (χ1n) is 9.04. The molecule has 0 fully saturated rings. The summed E-state index contributed by atoms with van der Waals surface area (Å²) in [6.45, 7) is 1.12. The van der Waals surface area contributed by atoms with Crippen LogP contribution in [0.15, 0.2) is 18.2 Å². The highest BCUT2D eigenvalue weighted by atomic mass is 19.1. The van der Waals surface area contributed by atoms with E-state index in [-0.39, 0.29) is 29.3 Å². The van der Waals surface area contributed by atoms with Gasteiger partial charge in [-0.25, -0.2) is 9.37 Å². The van der Waals surface area contributed by atoms with Crippen molar-refractivity contribution in [3.8, 4) is 5.75 Å². The lowest BCUT2D eigenvalue weighted by Gasteiger charge is -2.30. The van der Waals surface area contributed by atoms with E-state index < -0.39 is 5.82 Å². The van der Waals surface area contributed by atoms with Gasteiger partial charge in [0, 0.05) is 38.1 Å². The number of aromatic nitrogens is 2. The molecule has 0 saturated heterocycles. The minimum Gasteiger partial charge on any atom is -0.494 e. The third-order valence-electron chi connectivity index (χ3n) is 4.58. The van der Waals surface area contributed by atoms with Gasteiger partial charge in [-0.1, -0.05) is 0 Å². The number of halogens is 1.